The lowest BCUT2D eigenvalue weighted by atomic mass is 9.98. The second-order valence-electron chi connectivity index (χ2n) is 9.34. The van der Waals surface area contributed by atoms with Gasteiger partial charge in [-0.05, 0) is 40.5 Å². The Morgan fingerprint density at radius 3 is 1.50 bits per heavy atom. The van der Waals surface area contributed by atoms with Gasteiger partial charge < -0.3 is 20.4 Å². The summed E-state index contributed by atoms with van der Waals surface area (Å²) in [5.74, 6) is -5.07. The molecule has 1 heterocycles. The molecule has 12 nitrogen and oxygen atoms in total. The first kappa shape index (κ1) is 28.1. The fraction of sp³-hybridized carbons (Fsp3) is 0.214. The second-order valence-corrected chi connectivity index (χ2v) is 9.34. The maximum absolute atomic E-state index is 13.1. The van der Waals surface area contributed by atoms with Crippen LogP contribution in [0.2, 0.25) is 0 Å². The van der Waals surface area contributed by atoms with E-state index in [0.29, 0.717) is 22.3 Å². The first-order valence-corrected chi connectivity index (χ1v) is 12.1. The van der Waals surface area contributed by atoms with Crippen molar-refractivity contribution >= 4 is 29.7 Å². The van der Waals surface area contributed by atoms with Gasteiger partial charge in [0.15, 0.2) is 5.78 Å². The number of pyridine rings is 1. The Labute approximate surface area is 227 Å². The van der Waals surface area contributed by atoms with Crippen LogP contribution in [0.25, 0.3) is 22.3 Å². The van der Waals surface area contributed by atoms with E-state index < -0.39 is 50.1 Å². The molecule has 0 amide bonds. The van der Waals surface area contributed by atoms with Crippen molar-refractivity contribution in [2.24, 2.45) is 0 Å². The van der Waals surface area contributed by atoms with Crippen LogP contribution in [-0.2, 0) is 32.3 Å². The van der Waals surface area contributed by atoms with Gasteiger partial charge in [0.1, 0.15) is 0 Å². The van der Waals surface area contributed by atoms with Crippen molar-refractivity contribution in [1.29, 1.82) is 0 Å². The van der Waals surface area contributed by atoms with Crippen molar-refractivity contribution in [2.75, 3.05) is 26.2 Å². The molecule has 12 heteroatoms. The molecule has 1 aromatic heterocycles. The minimum Gasteiger partial charge on any atom is -0.480 e. The van der Waals surface area contributed by atoms with Crippen LogP contribution in [0.4, 0.5) is 0 Å². The molecule has 0 saturated heterocycles. The highest BCUT2D eigenvalue weighted by atomic mass is 16.4. The summed E-state index contributed by atoms with van der Waals surface area (Å²) in [5.41, 5.74) is 4.44. The van der Waals surface area contributed by atoms with Crippen molar-refractivity contribution < 1.29 is 44.4 Å². The number of carboxylic acid groups (broad SMARTS) is 4. The van der Waals surface area contributed by atoms with Crippen molar-refractivity contribution in [3.8, 4) is 22.3 Å². The molecule has 206 valence electrons. The average Bonchev–Trinajstić information content (AvgIpc) is 3.14. The number of fused-ring (bicyclic) bond motifs is 3. The molecule has 0 bridgehead atoms. The van der Waals surface area contributed by atoms with E-state index in [1.54, 1.807) is 36.4 Å². The van der Waals surface area contributed by atoms with Crippen LogP contribution in [0.5, 0.6) is 0 Å². The number of aromatic nitrogens is 1. The third-order valence-corrected chi connectivity index (χ3v) is 6.20. The van der Waals surface area contributed by atoms with Gasteiger partial charge in [-0.3, -0.25) is 38.8 Å². The Morgan fingerprint density at radius 1 is 0.575 bits per heavy atom. The Hall–Kier alpha value is -4.94. The Bertz CT molecular complexity index is 1430. The van der Waals surface area contributed by atoms with E-state index in [4.69, 9.17) is 0 Å². The smallest absolute Gasteiger partial charge is 0.317 e. The van der Waals surface area contributed by atoms with Crippen LogP contribution in [0, 0.1) is 0 Å². The molecule has 0 unspecified atom stereocenters. The van der Waals surface area contributed by atoms with Gasteiger partial charge in [-0.25, -0.2) is 0 Å². The predicted molar refractivity (Wildman–Crippen MR) is 140 cm³/mol. The van der Waals surface area contributed by atoms with Gasteiger partial charge in [0.05, 0.1) is 37.6 Å². The summed E-state index contributed by atoms with van der Waals surface area (Å²) in [4.78, 5) is 65.1. The molecule has 4 N–H and O–H groups in total. The SMILES string of the molecule is O=C(O)CN(CC(=O)O)Cc1cc(-c2ccc3c(c2)C(=O)c2ccccc2-3)cc(CN(CC(=O)O)CC(=O)O)n1. The number of benzene rings is 2. The lowest BCUT2D eigenvalue weighted by molar-refractivity contribution is -0.144. The highest BCUT2D eigenvalue weighted by molar-refractivity contribution is 6.22. The van der Waals surface area contributed by atoms with Crippen molar-refractivity contribution in [3.05, 3.63) is 77.1 Å². The first-order chi connectivity index (χ1) is 19.0. The maximum Gasteiger partial charge on any atom is 0.317 e. The molecule has 4 rings (SSSR count). The topological polar surface area (TPSA) is 186 Å². The fourth-order valence-corrected chi connectivity index (χ4v) is 4.74. The minimum absolute atomic E-state index is 0.134. The molecule has 0 atom stereocenters. The van der Waals surface area contributed by atoms with E-state index >= 15 is 0 Å². The summed E-state index contributed by atoms with van der Waals surface area (Å²) < 4.78 is 0. The first-order valence-electron chi connectivity index (χ1n) is 12.1. The molecule has 3 aromatic rings. The van der Waals surface area contributed by atoms with Crippen molar-refractivity contribution in [2.45, 2.75) is 13.1 Å². The van der Waals surface area contributed by atoms with E-state index in [2.05, 4.69) is 4.98 Å². The molecule has 0 saturated carbocycles. The van der Waals surface area contributed by atoms with E-state index in [1.165, 1.54) is 0 Å². The molecule has 1 aliphatic carbocycles. The van der Waals surface area contributed by atoms with Gasteiger partial charge in [-0.1, -0.05) is 36.4 Å². The monoisotopic (exact) mass is 547 g/mol. The van der Waals surface area contributed by atoms with Crippen molar-refractivity contribution in [1.82, 2.24) is 14.8 Å². The summed E-state index contributed by atoms with van der Waals surface area (Å²) in [6, 6.07) is 15.8. The van der Waals surface area contributed by atoms with Gasteiger partial charge in [0.25, 0.3) is 0 Å². The zero-order valence-corrected chi connectivity index (χ0v) is 21.1. The number of rotatable bonds is 13. The Kier molecular flexibility index (Phi) is 8.31. The quantitative estimate of drug-likeness (QED) is 0.191. The summed E-state index contributed by atoms with van der Waals surface area (Å²) >= 11 is 0. The minimum atomic E-state index is -1.23. The van der Waals surface area contributed by atoms with Crippen LogP contribution in [0.3, 0.4) is 0 Å². The summed E-state index contributed by atoms with van der Waals surface area (Å²) in [5, 5.41) is 36.9. The lowest BCUT2D eigenvalue weighted by Gasteiger charge is -2.21. The predicted octanol–water partition coefficient (Wildman–Crippen LogP) is 1.90. The molecule has 0 aliphatic heterocycles. The van der Waals surface area contributed by atoms with E-state index in [-0.39, 0.29) is 30.3 Å². The molecular formula is C28H25N3O9. The summed E-state index contributed by atoms with van der Waals surface area (Å²) in [6.07, 6.45) is 0. The van der Waals surface area contributed by atoms with Crippen LogP contribution in [0.1, 0.15) is 27.3 Å². The number of nitrogens with zero attached hydrogens (tertiary/aromatic N) is 3. The van der Waals surface area contributed by atoms with Gasteiger partial charge in [-0.2, -0.15) is 0 Å². The summed E-state index contributed by atoms with van der Waals surface area (Å²) in [7, 11) is 0. The maximum atomic E-state index is 13.1. The second kappa shape index (κ2) is 11.8. The zero-order valence-electron chi connectivity index (χ0n) is 21.1. The third kappa shape index (κ3) is 6.73. The number of carboxylic acids is 4. The standard InChI is InChI=1S/C28H25N3O9/c32-24(33)12-30(13-25(34)35)10-18-7-17(8-19(29-18)11-31(14-26(36)37)15-27(38)39)16-5-6-21-20-3-1-2-4-22(20)28(40)23(21)9-16/h1-9H,10-15H2,(H,32,33)(H,34,35)(H,36,37)(H,38,39). The number of hydrogen-bond donors (Lipinski definition) is 4. The summed E-state index contributed by atoms with van der Waals surface area (Å²) in [6.45, 7) is -2.58. The van der Waals surface area contributed by atoms with E-state index in [9.17, 15) is 44.4 Å². The van der Waals surface area contributed by atoms with Crippen molar-refractivity contribution in [3.63, 3.8) is 0 Å². The normalized spacial score (nSPS) is 11.9. The largest absolute Gasteiger partial charge is 0.480 e. The highest BCUT2D eigenvalue weighted by Crippen LogP contribution is 2.38. The van der Waals surface area contributed by atoms with Gasteiger partial charge in [0, 0.05) is 24.2 Å². The van der Waals surface area contributed by atoms with Gasteiger partial charge in [-0.15, -0.1) is 0 Å². The Balaban J connectivity index is 1.75. The van der Waals surface area contributed by atoms with E-state index in [0.717, 1.165) is 20.9 Å². The fourth-order valence-electron chi connectivity index (χ4n) is 4.74. The highest BCUT2D eigenvalue weighted by Gasteiger charge is 2.27. The Morgan fingerprint density at radius 2 is 1.02 bits per heavy atom. The van der Waals surface area contributed by atoms with Crippen LogP contribution < -0.4 is 0 Å². The number of ketones is 1. The molecular weight excluding hydrogens is 522 g/mol. The van der Waals surface area contributed by atoms with Gasteiger partial charge >= 0.3 is 23.9 Å². The molecule has 0 radical (unpaired) electrons. The third-order valence-electron chi connectivity index (χ3n) is 6.20. The van der Waals surface area contributed by atoms with E-state index in [1.807, 2.05) is 18.2 Å². The number of hydrogen-bond acceptors (Lipinski definition) is 8. The number of carbonyl (C=O) groups excluding carboxylic acids is 1. The molecule has 0 spiro atoms. The molecule has 2 aromatic carbocycles. The zero-order chi connectivity index (χ0) is 29.0. The molecule has 1 aliphatic rings. The molecule has 40 heavy (non-hydrogen) atoms. The molecule has 0 fully saturated rings. The van der Waals surface area contributed by atoms with Crippen LogP contribution >= 0.6 is 0 Å². The van der Waals surface area contributed by atoms with Crippen LogP contribution in [-0.4, -0.2) is 91.0 Å². The van der Waals surface area contributed by atoms with Crippen LogP contribution in [0.15, 0.2) is 54.6 Å². The number of aliphatic carboxylic acids is 4. The van der Waals surface area contributed by atoms with Gasteiger partial charge in [0.2, 0.25) is 0 Å². The number of carbonyl (C=O) groups is 5. The lowest BCUT2D eigenvalue weighted by Crippen LogP contribution is -2.35. The average molecular weight is 548 g/mol.